The molecule has 0 fully saturated rings. The molecule has 8 N–H and O–H groups in total. The molecule has 0 saturated heterocycles. The van der Waals surface area contributed by atoms with Crippen LogP contribution in [0.25, 0.3) is 0 Å². The zero-order valence-electron chi connectivity index (χ0n) is 15.3. The number of rotatable bonds is 6. The number of nitrogens with two attached hydrogens (primary N) is 2. The van der Waals surface area contributed by atoms with Crippen LogP contribution in [0.4, 0.5) is 0 Å². The zero-order chi connectivity index (χ0) is 20.2. The predicted octanol–water partition coefficient (Wildman–Crippen LogP) is -1.67. The molecule has 0 amide bonds. The van der Waals surface area contributed by atoms with E-state index in [-0.39, 0.29) is 17.9 Å². The van der Waals surface area contributed by atoms with Gasteiger partial charge in [0.15, 0.2) is 0 Å². The van der Waals surface area contributed by atoms with E-state index in [0.29, 0.717) is 13.1 Å². The fourth-order valence-corrected chi connectivity index (χ4v) is 1.71. The highest BCUT2D eigenvalue weighted by Crippen LogP contribution is 2.02. The van der Waals surface area contributed by atoms with Gasteiger partial charge in [-0.2, -0.15) is 15.8 Å². The molecule has 0 aromatic carbocycles. The standard InChI is InChI=1S/C14H24N12/c1-13(2,25-11(19)23-8-16)6-21-12(24-9-17)26-14(3,4)5-20-10(18)22-7-15/h5-6H2,1-4H3,(H3,18,20,22)(H3,19,23,25)(H2,21,24,26). The van der Waals surface area contributed by atoms with Crippen LogP contribution in [-0.2, 0) is 0 Å². The van der Waals surface area contributed by atoms with Crippen molar-refractivity contribution in [2.75, 3.05) is 13.1 Å². The third kappa shape index (κ3) is 10.1. The van der Waals surface area contributed by atoms with Gasteiger partial charge in [-0.05, 0) is 27.7 Å². The molecule has 0 saturated carbocycles. The van der Waals surface area contributed by atoms with E-state index in [1.54, 1.807) is 18.6 Å². The summed E-state index contributed by atoms with van der Waals surface area (Å²) >= 11 is 0. The highest BCUT2D eigenvalue weighted by Gasteiger charge is 2.23. The molecule has 0 aromatic rings. The Hall–Kier alpha value is -3.72. The Balaban J connectivity index is 4.86. The Bertz CT molecular complexity index is 680. The molecular formula is C14H24N12. The van der Waals surface area contributed by atoms with E-state index in [0.717, 1.165) is 0 Å². The minimum Gasteiger partial charge on any atom is -0.369 e. The summed E-state index contributed by atoms with van der Waals surface area (Å²) < 4.78 is 0. The van der Waals surface area contributed by atoms with Crippen molar-refractivity contribution in [1.82, 2.24) is 21.3 Å². The molecule has 0 aliphatic rings. The molecule has 0 aliphatic heterocycles. The fraction of sp³-hybridized carbons (Fsp3) is 0.571. The first-order chi connectivity index (χ1) is 12.0. The number of hydrogen-bond donors (Lipinski definition) is 6. The molecule has 26 heavy (non-hydrogen) atoms. The van der Waals surface area contributed by atoms with E-state index < -0.39 is 11.1 Å². The maximum absolute atomic E-state index is 8.87. The Morgan fingerprint density at radius 1 is 0.769 bits per heavy atom. The van der Waals surface area contributed by atoms with Crippen molar-refractivity contribution in [3.63, 3.8) is 0 Å². The molecule has 0 unspecified atom stereocenters. The molecule has 0 spiro atoms. The lowest BCUT2D eigenvalue weighted by molar-refractivity contribution is 0.425. The van der Waals surface area contributed by atoms with Crippen LogP contribution in [-0.4, -0.2) is 42.0 Å². The second-order valence-electron chi connectivity index (χ2n) is 6.48. The predicted molar refractivity (Wildman–Crippen MR) is 98.0 cm³/mol. The lowest BCUT2D eigenvalue weighted by atomic mass is 10.1. The van der Waals surface area contributed by atoms with E-state index in [1.165, 1.54) is 0 Å². The van der Waals surface area contributed by atoms with Gasteiger partial charge < -0.3 is 32.7 Å². The quantitative estimate of drug-likeness (QED) is 0.181. The molecule has 0 atom stereocenters. The average Bonchev–Trinajstić information content (AvgIpc) is 2.51. The molecule has 0 rings (SSSR count). The topological polar surface area (TPSA) is 209 Å². The lowest BCUT2D eigenvalue weighted by Crippen LogP contribution is -2.59. The Morgan fingerprint density at radius 2 is 1.23 bits per heavy atom. The van der Waals surface area contributed by atoms with Crippen LogP contribution in [0.15, 0.2) is 15.0 Å². The molecule has 0 radical (unpaired) electrons. The van der Waals surface area contributed by atoms with Crippen molar-refractivity contribution < 1.29 is 0 Å². The van der Waals surface area contributed by atoms with Gasteiger partial charge in [0.2, 0.25) is 36.5 Å². The summed E-state index contributed by atoms with van der Waals surface area (Å²) in [7, 11) is 0. The molecule has 0 heterocycles. The number of nitrogens with zero attached hydrogens (tertiary/aromatic N) is 6. The third-order valence-electron chi connectivity index (χ3n) is 2.84. The normalized spacial score (nSPS) is 13.0. The minimum atomic E-state index is -0.575. The lowest BCUT2D eigenvalue weighted by Gasteiger charge is -2.31. The largest absolute Gasteiger partial charge is 0.369 e. The highest BCUT2D eigenvalue weighted by atomic mass is 15.2. The van der Waals surface area contributed by atoms with Crippen LogP contribution in [0.3, 0.4) is 0 Å². The summed E-state index contributed by atoms with van der Waals surface area (Å²) in [6, 6.07) is 0. The van der Waals surface area contributed by atoms with Gasteiger partial charge in [0.1, 0.15) is 0 Å². The molecular weight excluding hydrogens is 336 g/mol. The monoisotopic (exact) mass is 360 g/mol. The van der Waals surface area contributed by atoms with Gasteiger partial charge in [0.05, 0.1) is 11.1 Å². The summed E-state index contributed by atoms with van der Waals surface area (Å²) in [6.07, 6.45) is 4.88. The van der Waals surface area contributed by atoms with Gasteiger partial charge in [0, 0.05) is 13.1 Å². The minimum absolute atomic E-state index is 0.00769. The van der Waals surface area contributed by atoms with Gasteiger partial charge >= 0.3 is 0 Å². The van der Waals surface area contributed by atoms with Crippen LogP contribution in [0, 0.1) is 34.4 Å². The summed E-state index contributed by atoms with van der Waals surface area (Å²) in [5.41, 5.74) is 9.92. The fourth-order valence-electron chi connectivity index (χ4n) is 1.71. The summed E-state index contributed by atoms with van der Waals surface area (Å²) in [5, 5.41) is 37.5. The van der Waals surface area contributed by atoms with Crippen molar-refractivity contribution in [3.8, 4) is 18.6 Å². The Morgan fingerprint density at radius 3 is 1.77 bits per heavy atom. The van der Waals surface area contributed by atoms with E-state index in [4.69, 9.17) is 27.3 Å². The first-order valence-electron chi connectivity index (χ1n) is 7.50. The Labute approximate surface area is 152 Å². The SMILES string of the molecule is CC(C)(CNC(=NC#N)NC(C)(C)CN/C(N)=N/C#N)NC(N)=NC#N. The van der Waals surface area contributed by atoms with E-state index >= 15 is 0 Å². The second kappa shape index (κ2) is 10.2. The molecule has 140 valence electrons. The summed E-state index contributed by atoms with van der Waals surface area (Å²) in [4.78, 5) is 10.5. The summed E-state index contributed by atoms with van der Waals surface area (Å²) in [5.74, 6) is 0.218. The van der Waals surface area contributed by atoms with E-state index in [2.05, 4.69) is 36.2 Å². The van der Waals surface area contributed by atoms with Crippen molar-refractivity contribution in [1.29, 1.82) is 15.8 Å². The van der Waals surface area contributed by atoms with Crippen LogP contribution in [0.1, 0.15) is 27.7 Å². The Kier molecular flexibility index (Phi) is 8.75. The van der Waals surface area contributed by atoms with E-state index in [1.807, 2.05) is 27.7 Å². The molecule has 0 aromatic heterocycles. The number of nitriles is 3. The maximum atomic E-state index is 8.87. The van der Waals surface area contributed by atoms with Gasteiger partial charge in [-0.1, -0.05) is 0 Å². The van der Waals surface area contributed by atoms with Gasteiger partial charge in [-0.25, -0.2) is 0 Å². The molecule has 12 nitrogen and oxygen atoms in total. The number of aliphatic imine (C=N–C) groups is 3. The van der Waals surface area contributed by atoms with E-state index in [9.17, 15) is 0 Å². The second-order valence-corrected chi connectivity index (χ2v) is 6.48. The molecule has 0 aliphatic carbocycles. The molecule has 0 bridgehead atoms. The molecule has 12 heteroatoms. The average molecular weight is 360 g/mol. The van der Waals surface area contributed by atoms with Crippen molar-refractivity contribution in [2.24, 2.45) is 26.4 Å². The first kappa shape index (κ1) is 22.3. The van der Waals surface area contributed by atoms with Crippen molar-refractivity contribution in [3.05, 3.63) is 0 Å². The van der Waals surface area contributed by atoms with Crippen LogP contribution >= 0.6 is 0 Å². The van der Waals surface area contributed by atoms with Crippen LogP contribution in [0.5, 0.6) is 0 Å². The maximum Gasteiger partial charge on any atom is 0.209 e. The smallest absolute Gasteiger partial charge is 0.209 e. The van der Waals surface area contributed by atoms with Crippen LogP contribution < -0.4 is 32.7 Å². The first-order valence-corrected chi connectivity index (χ1v) is 7.50. The summed E-state index contributed by atoms with van der Waals surface area (Å²) in [6.45, 7) is 7.98. The van der Waals surface area contributed by atoms with Gasteiger partial charge in [0.25, 0.3) is 0 Å². The number of guanidine groups is 3. The van der Waals surface area contributed by atoms with Crippen molar-refractivity contribution >= 4 is 17.9 Å². The van der Waals surface area contributed by atoms with Gasteiger partial charge in [-0.3, -0.25) is 0 Å². The third-order valence-corrected chi connectivity index (χ3v) is 2.84. The number of nitrogens with one attached hydrogen (secondary N) is 4. The van der Waals surface area contributed by atoms with Crippen molar-refractivity contribution in [2.45, 2.75) is 38.8 Å². The number of hydrogen-bond acceptors (Lipinski definition) is 6. The highest BCUT2D eigenvalue weighted by molar-refractivity contribution is 5.82. The van der Waals surface area contributed by atoms with Gasteiger partial charge in [-0.15, -0.1) is 15.0 Å². The van der Waals surface area contributed by atoms with Crippen LogP contribution in [0.2, 0.25) is 0 Å². The zero-order valence-corrected chi connectivity index (χ0v) is 15.3.